The normalized spacial score (nSPS) is 24.4. The molecule has 0 bridgehead atoms. The van der Waals surface area contributed by atoms with E-state index in [1.165, 1.54) is 0 Å². The summed E-state index contributed by atoms with van der Waals surface area (Å²) in [7, 11) is 1.98. The molecule has 4 heteroatoms. The molecule has 1 heterocycles. The summed E-state index contributed by atoms with van der Waals surface area (Å²) in [6.07, 6.45) is 1.13. The summed E-state index contributed by atoms with van der Waals surface area (Å²) < 4.78 is 0. The zero-order valence-corrected chi connectivity index (χ0v) is 11.1. The number of likely N-dealkylation sites (N-methyl/N-ethyl adjacent to an activating group) is 1. The van der Waals surface area contributed by atoms with Crippen LogP contribution in [0.3, 0.4) is 0 Å². The predicted molar refractivity (Wildman–Crippen MR) is 66.4 cm³/mol. The minimum atomic E-state index is -0.145. The predicted octanol–water partition coefficient (Wildman–Crippen LogP) is 0.583. The molecular formula is C12H25N3O. The minimum absolute atomic E-state index is 0.0300. The van der Waals surface area contributed by atoms with E-state index >= 15 is 0 Å². The van der Waals surface area contributed by atoms with Crippen molar-refractivity contribution in [1.29, 1.82) is 0 Å². The van der Waals surface area contributed by atoms with Crippen LogP contribution in [0.1, 0.15) is 34.1 Å². The smallest absolute Gasteiger partial charge is 0.237 e. The Kier molecular flexibility index (Phi) is 4.33. The van der Waals surface area contributed by atoms with Gasteiger partial charge in [0.2, 0.25) is 5.91 Å². The molecule has 1 aliphatic rings. The highest BCUT2D eigenvalue weighted by atomic mass is 16.2. The Balaban J connectivity index is 2.46. The molecule has 2 atom stereocenters. The fourth-order valence-corrected chi connectivity index (χ4v) is 2.01. The van der Waals surface area contributed by atoms with E-state index in [1.807, 2.05) is 34.7 Å². The summed E-state index contributed by atoms with van der Waals surface area (Å²) >= 11 is 0. The summed E-state index contributed by atoms with van der Waals surface area (Å²) in [5, 5.41) is 6.29. The maximum atomic E-state index is 12.0. The second kappa shape index (κ2) is 5.15. The first-order valence-corrected chi connectivity index (χ1v) is 6.07. The van der Waals surface area contributed by atoms with E-state index in [-0.39, 0.29) is 17.5 Å². The fourth-order valence-electron chi connectivity index (χ4n) is 2.01. The van der Waals surface area contributed by atoms with Crippen LogP contribution >= 0.6 is 0 Å². The van der Waals surface area contributed by atoms with Gasteiger partial charge in [-0.2, -0.15) is 0 Å². The van der Waals surface area contributed by atoms with Gasteiger partial charge < -0.3 is 10.6 Å². The molecule has 2 N–H and O–H groups in total. The monoisotopic (exact) mass is 227 g/mol. The molecule has 0 spiro atoms. The van der Waals surface area contributed by atoms with Gasteiger partial charge in [-0.05, 0) is 41.2 Å². The molecule has 0 aliphatic carbocycles. The number of likely N-dealkylation sites (tertiary alicyclic amines) is 1. The van der Waals surface area contributed by atoms with Crippen LogP contribution in [0.15, 0.2) is 0 Å². The van der Waals surface area contributed by atoms with Crippen molar-refractivity contribution >= 4 is 5.91 Å². The van der Waals surface area contributed by atoms with Gasteiger partial charge in [-0.15, -0.1) is 0 Å². The SMILES string of the molecule is CNC1CCN(C(C)C(=O)NC(C)(C)C)C1. The van der Waals surface area contributed by atoms with Crippen molar-refractivity contribution in [3.8, 4) is 0 Å². The second-order valence-electron chi connectivity index (χ2n) is 5.68. The van der Waals surface area contributed by atoms with E-state index in [2.05, 4.69) is 15.5 Å². The van der Waals surface area contributed by atoms with Crippen LogP contribution in [0.5, 0.6) is 0 Å². The molecule has 0 saturated carbocycles. The van der Waals surface area contributed by atoms with Crippen LogP contribution in [-0.2, 0) is 4.79 Å². The molecule has 0 aromatic rings. The number of hydrogen-bond donors (Lipinski definition) is 2. The first-order valence-electron chi connectivity index (χ1n) is 6.07. The lowest BCUT2D eigenvalue weighted by molar-refractivity contribution is -0.127. The Labute approximate surface area is 98.8 Å². The second-order valence-corrected chi connectivity index (χ2v) is 5.68. The molecule has 0 radical (unpaired) electrons. The first-order chi connectivity index (χ1) is 7.33. The number of amides is 1. The summed E-state index contributed by atoms with van der Waals surface area (Å²) in [6, 6.07) is 0.502. The quantitative estimate of drug-likeness (QED) is 0.741. The summed E-state index contributed by atoms with van der Waals surface area (Å²) in [5.74, 6) is 0.129. The summed E-state index contributed by atoms with van der Waals surface area (Å²) in [4.78, 5) is 14.2. The average Bonchev–Trinajstić information content (AvgIpc) is 2.61. The highest BCUT2D eigenvalue weighted by molar-refractivity contribution is 5.82. The van der Waals surface area contributed by atoms with Crippen molar-refractivity contribution in [1.82, 2.24) is 15.5 Å². The fraction of sp³-hybridized carbons (Fsp3) is 0.917. The Hall–Kier alpha value is -0.610. The number of nitrogens with one attached hydrogen (secondary N) is 2. The molecule has 1 saturated heterocycles. The topological polar surface area (TPSA) is 44.4 Å². The minimum Gasteiger partial charge on any atom is -0.350 e. The third kappa shape index (κ3) is 3.76. The van der Waals surface area contributed by atoms with Gasteiger partial charge in [0.25, 0.3) is 0 Å². The van der Waals surface area contributed by atoms with Crippen molar-refractivity contribution < 1.29 is 4.79 Å². The highest BCUT2D eigenvalue weighted by Gasteiger charge is 2.29. The molecule has 16 heavy (non-hydrogen) atoms. The van der Waals surface area contributed by atoms with Gasteiger partial charge in [-0.25, -0.2) is 0 Å². The van der Waals surface area contributed by atoms with E-state index in [9.17, 15) is 4.79 Å². The molecule has 0 aromatic heterocycles. The number of rotatable bonds is 3. The largest absolute Gasteiger partial charge is 0.350 e. The zero-order valence-electron chi connectivity index (χ0n) is 11.1. The van der Waals surface area contributed by atoms with Gasteiger partial charge in [0.1, 0.15) is 0 Å². The molecule has 1 aliphatic heterocycles. The van der Waals surface area contributed by atoms with E-state index in [1.54, 1.807) is 0 Å². The molecule has 1 fully saturated rings. The van der Waals surface area contributed by atoms with E-state index < -0.39 is 0 Å². The lowest BCUT2D eigenvalue weighted by atomic mass is 10.1. The van der Waals surface area contributed by atoms with Gasteiger partial charge in [0.15, 0.2) is 0 Å². The lowest BCUT2D eigenvalue weighted by Crippen LogP contribution is -2.50. The first kappa shape index (κ1) is 13.5. The third-order valence-corrected chi connectivity index (χ3v) is 3.05. The Morgan fingerprint density at radius 1 is 1.44 bits per heavy atom. The van der Waals surface area contributed by atoms with Crippen molar-refractivity contribution in [2.45, 2.75) is 51.7 Å². The molecule has 94 valence electrons. The van der Waals surface area contributed by atoms with Gasteiger partial charge in [-0.3, -0.25) is 9.69 Å². The Morgan fingerprint density at radius 3 is 2.50 bits per heavy atom. The van der Waals surface area contributed by atoms with E-state index in [0.29, 0.717) is 6.04 Å². The van der Waals surface area contributed by atoms with Gasteiger partial charge in [0.05, 0.1) is 6.04 Å². The molecule has 4 nitrogen and oxygen atoms in total. The van der Waals surface area contributed by atoms with Crippen molar-refractivity contribution in [3.05, 3.63) is 0 Å². The molecule has 1 rings (SSSR count). The average molecular weight is 227 g/mol. The lowest BCUT2D eigenvalue weighted by Gasteiger charge is -2.28. The number of carbonyl (C=O) groups is 1. The van der Waals surface area contributed by atoms with Gasteiger partial charge in [-0.1, -0.05) is 0 Å². The summed E-state index contributed by atoms with van der Waals surface area (Å²) in [5.41, 5.74) is -0.145. The Bertz CT molecular complexity index is 247. The maximum Gasteiger partial charge on any atom is 0.237 e. The number of nitrogens with zero attached hydrogens (tertiary/aromatic N) is 1. The van der Waals surface area contributed by atoms with Crippen LogP contribution in [0.4, 0.5) is 0 Å². The molecular weight excluding hydrogens is 202 g/mol. The van der Waals surface area contributed by atoms with E-state index in [4.69, 9.17) is 0 Å². The molecule has 1 amide bonds. The van der Waals surface area contributed by atoms with Crippen molar-refractivity contribution in [2.24, 2.45) is 0 Å². The van der Waals surface area contributed by atoms with Gasteiger partial charge >= 0.3 is 0 Å². The van der Waals surface area contributed by atoms with Crippen LogP contribution in [0, 0.1) is 0 Å². The number of hydrogen-bond acceptors (Lipinski definition) is 3. The third-order valence-electron chi connectivity index (χ3n) is 3.05. The van der Waals surface area contributed by atoms with Crippen LogP contribution in [0.2, 0.25) is 0 Å². The maximum absolute atomic E-state index is 12.0. The molecule has 0 aromatic carbocycles. The number of carbonyl (C=O) groups excluding carboxylic acids is 1. The Morgan fingerprint density at radius 2 is 2.06 bits per heavy atom. The highest BCUT2D eigenvalue weighted by Crippen LogP contribution is 2.13. The zero-order chi connectivity index (χ0) is 12.3. The van der Waals surface area contributed by atoms with Crippen LogP contribution in [-0.4, -0.2) is 48.6 Å². The standard InChI is InChI=1S/C12H25N3O/c1-9(11(16)14-12(2,3)4)15-7-6-10(8-15)13-5/h9-10,13H,6-8H2,1-5H3,(H,14,16). The van der Waals surface area contributed by atoms with Gasteiger partial charge in [0, 0.05) is 24.7 Å². The van der Waals surface area contributed by atoms with Crippen LogP contribution < -0.4 is 10.6 Å². The van der Waals surface area contributed by atoms with Crippen molar-refractivity contribution in [2.75, 3.05) is 20.1 Å². The summed E-state index contributed by atoms with van der Waals surface area (Å²) in [6.45, 7) is 9.99. The van der Waals surface area contributed by atoms with Crippen LogP contribution in [0.25, 0.3) is 0 Å². The van der Waals surface area contributed by atoms with Crippen molar-refractivity contribution in [3.63, 3.8) is 0 Å². The van der Waals surface area contributed by atoms with E-state index in [0.717, 1.165) is 19.5 Å². The molecule has 2 unspecified atom stereocenters.